The number of ether oxygens (including phenoxy) is 1. The molecule has 1 atom stereocenters. The lowest BCUT2D eigenvalue weighted by Crippen LogP contribution is -2.45. The number of benzene rings is 2. The van der Waals surface area contributed by atoms with E-state index < -0.39 is 6.04 Å². The maximum atomic E-state index is 13.9. The Labute approximate surface area is 306 Å². The van der Waals surface area contributed by atoms with Crippen LogP contribution in [0.25, 0.3) is 10.9 Å². The van der Waals surface area contributed by atoms with E-state index in [0.717, 1.165) is 27.7 Å². The second-order valence-electron chi connectivity index (χ2n) is 13.1. The fourth-order valence-corrected chi connectivity index (χ4v) is 7.04. The van der Waals surface area contributed by atoms with Gasteiger partial charge >= 0.3 is 0 Å². The molecule has 2 aliphatic heterocycles. The Hall–Kier alpha value is -6.49. The van der Waals surface area contributed by atoms with Crippen LogP contribution in [-0.2, 0) is 40.8 Å². The zero-order chi connectivity index (χ0) is 36.9. The highest BCUT2D eigenvalue weighted by Crippen LogP contribution is 2.36. The molecule has 14 nitrogen and oxygen atoms in total. The Morgan fingerprint density at radius 3 is 2.64 bits per heavy atom. The van der Waals surface area contributed by atoms with E-state index in [1.807, 2.05) is 72.4 Å². The molecular weight excluding hydrogens is 674 g/mol. The van der Waals surface area contributed by atoms with Gasteiger partial charge in [-0.05, 0) is 47.9 Å². The van der Waals surface area contributed by atoms with E-state index >= 15 is 0 Å². The molecule has 2 aromatic carbocycles. The minimum absolute atomic E-state index is 0.0177. The first-order valence-electron chi connectivity index (χ1n) is 17.6. The molecule has 3 aromatic heterocycles. The number of pyridine rings is 1. The Balaban J connectivity index is 1.13. The molecule has 1 unspecified atom stereocenters. The molecule has 4 amide bonds. The molecule has 0 aliphatic carbocycles. The Morgan fingerprint density at radius 1 is 0.981 bits per heavy atom. The van der Waals surface area contributed by atoms with Gasteiger partial charge in [-0.3, -0.25) is 19.2 Å². The highest BCUT2D eigenvalue weighted by atomic mass is 16.5. The van der Waals surface area contributed by atoms with Gasteiger partial charge < -0.3 is 34.3 Å². The van der Waals surface area contributed by atoms with E-state index in [2.05, 4.69) is 15.6 Å². The molecule has 0 radical (unpaired) electrons. The number of nitriles is 1. The predicted octanol–water partition coefficient (Wildman–Crippen LogP) is 2.52. The van der Waals surface area contributed by atoms with E-state index in [1.54, 1.807) is 21.9 Å². The van der Waals surface area contributed by atoms with Gasteiger partial charge in [0.1, 0.15) is 30.1 Å². The molecule has 53 heavy (non-hydrogen) atoms. The number of carbonyl (C=O) groups excluding carboxylic acids is 4. The van der Waals surface area contributed by atoms with Crippen molar-refractivity contribution in [1.82, 2.24) is 39.5 Å². The molecule has 7 rings (SSSR count). The average molecular weight is 714 g/mol. The standard InChI is InChI=1S/C39H39N9O5/c1-45-22-28(31-8-2-3-9-32(31)45)19-36(51)46-16-14-42-35(50)24-47-25-44-37-33(47)12-15-48(39(52)27-10-11-29(20-40)43-21-27)38(37)26-6-4-7-30(18-26)53-17-5-13-41-34(49)23-46/h2-4,6-11,18,21-22,25,38H,5,12-17,19,23-24H2,1H3,(H,41,49)(H,42,50). The van der Waals surface area contributed by atoms with E-state index in [-0.39, 0.29) is 61.9 Å². The van der Waals surface area contributed by atoms with Crippen LogP contribution in [0.2, 0.25) is 0 Å². The molecule has 2 aliphatic rings. The van der Waals surface area contributed by atoms with Crippen LogP contribution < -0.4 is 15.4 Å². The summed E-state index contributed by atoms with van der Waals surface area (Å²) < 4.78 is 9.85. The van der Waals surface area contributed by atoms with Crippen molar-refractivity contribution >= 4 is 34.5 Å². The minimum atomic E-state index is -0.582. The number of hydrogen-bond acceptors (Lipinski definition) is 8. The van der Waals surface area contributed by atoms with E-state index in [4.69, 9.17) is 9.72 Å². The fourth-order valence-electron chi connectivity index (χ4n) is 7.04. The smallest absolute Gasteiger partial charge is 0.256 e. The lowest BCUT2D eigenvalue weighted by molar-refractivity contribution is -0.135. The number of imidazole rings is 1. The van der Waals surface area contributed by atoms with Crippen molar-refractivity contribution in [2.24, 2.45) is 7.05 Å². The number of carbonyl (C=O) groups is 4. The van der Waals surface area contributed by atoms with Gasteiger partial charge in [0.05, 0.1) is 37.2 Å². The van der Waals surface area contributed by atoms with Gasteiger partial charge in [0.15, 0.2) is 0 Å². The maximum absolute atomic E-state index is 13.9. The number of fused-ring (bicyclic) bond motifs is 4. The molecule has 0 saturated carbocycles. The molecule has 0 saturated heterocycles. The summed E-state index contributed by atoms with van der Waals surface area (Å²) in [7, 11) is 1.93. The normalized spacial score (nSPS) is 16.9. The number of amides is 4. The van der Waals surface area contributed by atoms with Crippen LogP contribution in [0.1, 0.15) is 51.0 Å². The number of rotatable bonds is 3. The van der Waals surface area contributed by atoms with Crippen LogP contribution in [0.15, 0.2) is 79.4 Å². The van der Waals surface area contributed by atoms with Crippen molar-refractivity contribution < 1.29 is 23.9 Å². The molecule has 270 valence electrons. The van der Waals surface area contributed by atoms with Crippen molar-refractivity contribution in [3.05, 3.63) is 113 Å². The third-order valence-corrected chi connectivity index (χ3v) is 9.64. The minimum Gasteiger partial charge on any atom is -0.494 e. The zero-order valence-corrected chi connectivity index (χ0v) is 29.3. The summed E-state index contributed by atoms with van der Waals surface area (Å²) in [6, 6.07) is 19.8. The van der Waals surface area contributed by atoms with Crippen molar-refractivity contribution in [1.29, 1.82) is 5.26 Å². The molecule has 0 fully saturated rings. The van der Waals surface area contributed by atoms with E-state index in [1.165, 1.54) is 17.2 Å². The number of aryl methyl sites for hydroxylation is 1. The van der Waals surface area contributed by atoms with Crippen molar-refractivity contribution in [3.63, 3.8) is 0 Å². The first-order valence-corrected chi connectivity index (χ1v) is 17.6. The number of para-hydroxylation sites is 1. The summed E-state index contributed by atoms with van der Waals surface area (Å²) in [5.41, 5.74) is 4.70. The second kappa shape index (κ2) is 15.4. The molecule has 14 heteroatoms. The van der Waals surface area contributed by atoms with Gasteiger partial charge in [-0.1, -0.05) is 30.3 Å². The van der Waals surface area contributed by atoms with E-state index in [9.17, 15) is 24.4 Å². The summed E-state index contributed by atoms with van der Waals surface area (Å²) >= 11 is 0. The van der Waals surface area contributed by atoms with E-state index in [0.29, 0.717) is 49.5 Å². The summed E-state index contributed by atoms with van der Waals surface area (Å²) in [5, 5.41) is 16.0. The molecule has 5 heterocycles. The lowest BCUT2D eigenvalue weighted by Gasteiger charge is -2.36. The number of nitrogens with zero attached hydrogens (tertiary/aromatic N) is 7. The van der Waals surface area contributed by atoms with Crippen LogP contribution in [0.4, 0.5) is 0 Å². The first-order chi connectivity index (χ1) is 25.8. The van der Waals surface area contributed by atoms with Crippen LogP contribution in [-0.4, -0.2) is 91.9 Å². The van der Waals surface area contributed by atoms with Gasteiger partial charge in [-0.15, -0.1) is 0 Å². The molecule has 0 spiro atoms. The Bertz CT molecular complexity index is 2220. The molecule has 6 bridgehead atoms. The van der Waals surface area contributed by atoms with Crippen LogP contribution in [0, 0.1) is 11.3 Å². The molecular formula is C39H39N9O5. The number of hydrogen-bond donors (Lipinski definition) is 2. The summed E-state index contributed by atoms with van der Waals surface area (Å²) in [6.45, 7) is 1.14. The third-order valence-electron chi connectivity index (χ3n) is 9.64. The van der Waals surface area contributed by atoms with Crippen molar-refractivity contribution in [2.75, 3.05) is 39.3 Å². The SMILES string of the molecule is Cn1cc(CC(=O)N2CCNC(=O)Cn3cnc4c3CCN(C(=O)c3ccc(C#N)nc3)C4c3cccc(c3)OCCCNC(=O)C2)c2ccccc21. The van der Waals surface area contributed by atoms with Gasteiger partial charge in [-0.2, -0.15) is 5.26 Å². The van der Waals surface area contributed by atoms with Gasteiger partial charge in [0.25, 0.3) is 5.91 Å². The summed E-state index contributed by atoms with van der Waals surface area (Å²) in [5.74, 6) is -0.476. The number of nitrogens with one attached hydrogen (secondary N) is 2. The van der Waals surface area contributed by atoms with Crippen LogP contribution >= 0.6 is 0 Å². The third kappa shape index (κ3) is 7.59. The highest BCUT2D eigenvalue weighted by molar-refractivity contribution is 5.95. The van der Waals surface area contributed by atoms with Crippen molar-refractivity contribution in [3.8, 4) is 11.8 Å². The maximum Gasteiger partial charge on any atom is 0.256 e. The van der Waals surface area contributed by atoms with Crippen LogP contribution in [0.5, 0.6) is 5.75 Å². The molecule has 2 N–H and O–H groups in total. The lowest BCUT2D eigenvalue weighted by atomic mass is 9.94. The quantitative estimate of drug-likeness (QED) is 0.288. The molecule has 5 aromatic rings. The zero-order valence-electron chi connectivity index (χ0n) is 29.3. The summed E-state index contributed by atoms with van der Waals surface area (Å²) in [4.78, 5) is 66.0. The number of aromatic nitrogens is 4. The fraction of sp³-hybridized carbons (Fsp3) is 0.308. The Morgan fingerprint density at radius 2 is 1.81 bits per heavy atom. The Kier molecular flexibility index (Phi) is 10.2. The first kappa shape index (κ1) is 34.9. The topological polar surface area (TPSA) is 167 Å². The van der Waals surface area contributed by atoms with Gasteiger partial charge in [0.2, 0.25) is 17.7 Å². The second-order valence-corrected chi connectivity index (χ2v) is 13.1. The van der Waals surface area contributed by atoms with Gasteiger partial charge in [0, 0.05) is 68.6 Å². The largest absolute Gasteiger partial charge is 0.494 e. The van der Waals surface area contributed by atoms with Gasteiger partial charge in [-0.25, -0.2) is 9.97 Å². The monoisotopic (exact) mass is 713 g/mol. The average Bonchev–Trinajstić information content (AvgIpc) is 3.72. The predicted molar refractivity (Wildman–Crippen MR) is 194 cm³/mol. The highest BCUT2D eigenvalue weighted by Gasteiger charge is 2.36. The van der Waals surface area contributed by atoms with Crippen LogP contribution in [0.3, 0.4) is 0 Å². The summed E-state index contributed by atoms with van der Waals surface area (Å²) in [6.07, 6.45) is 6.03. The van der Waals surface area contributed by atoms with Crippen molar-refractivity contribution in [2.45, 2.75) is 31.8 Å².